The van der Waals surface area contributed by atoms with Crippen LogP contribution in [0.2, 0.25) is 6.32 Å². The number of ether oxygens (including phenoxy) is 1. The zero-order valence-corrected chi connectivity index (χ0v) is 10.3. The fourth-order valence-corrected chi connectivity index (χ4v) is 0.580. The number of esters is 1. The summed E-state index contributed by atoms with van der Waals surface area (Å²) in [5, 5.41) is 0. The van der Waals surface area contributed by atoms with E-state index in [1.165, 1.54) is 0 Å². The minimum absolute atomic E-state index is 0. The van der Waals surface area contributed by atoms with E-state index in [0.717, 1.165) is 7.11 Å². The van der Waals surface area contributed by atoms with Crippen LogP contribution in [-0.2, 0) is 9.53 Å². The second-order valence-corrected chi connectivity index (χ2v) is 2.18. The van der Waals surface area contributed by atoms with Gasteiger partial charge >= 0.3 is 64.3 Å². The van der Waals surface area contributed by atoms with Crippen LogP contribution in [0.5, 0.6) is 0 Å². The number of carbonyl (C=O) groups is 1. The number of carbonyl (C=O) groups excluding carboxylic acids is 1. The van der Waals surface area contributed by atoms with E-state index in [4.69, 9.17) is 0 Å². The molecule has 7 heteroatoms. The summed E-state index contributed by atoms with van der Waals surface area (Å²) in [7, 11) is 1.15. The Bertz CT molecular complexity index is 139. The largest absolute Gasteiger partial charge is 1.00 e. The molecule has 0 amide bonds. The smallest absolute Gasteiger partial charge is 0.469 e. The van der Waals surface area contributed by atoms with Gasteiger partial charge < -0.3 is 17.7 Å². The van der Waals surface area contributed by atoms with Crippen LogP contribution in [0.1, 0.15) is 12.8 Å². The third-order valence-electron chi connectivity index (χ3n) is 1.14. The van der Waals surface area contributed by atoms with Crippen LogP contribution in [0.25, 0.3) is 0 Å². The quantitative estimate of drug-likeness (QED) is 0.428. The predicted molar refractivity (Wildman–Crippen MR) is 35.1 cm³/mol. The Kier molecular flexibility index (Phi) is 9.48. The molecule has 2 nitrogen and oxygen atoms in total. The molecule has 0 atom stereocenters. The number of hydrogen-bond acceptors (Lipinski definition) is 2. The normalized spacial score (nSPS) is 10.3. The van der Waals surface area contributed by atoms with E-state index in [2.05, 4.69) is 4.74 Å². The molecule has 0 saturated heterocycles. The number of halogens is 3. The monoisotopic (exact) mass is 208 g/mol. The Labute approximate surface area is 112 Å². The number of hydrogen-bond donors (Lipinski definition) is 0. The van der Waals surface area contributed by atoms with E-state index in [1.807, 2.05) is 0 Å². The van der Waals surface area contributed by atoms with Crippen LogP contribution in [0.4, 0.5) is 12.9 Å². The molecule has 0 N–H and O–H groups in total. The molecular formula is C5H9BF3KO2. The summed E-state index contributed by atoms with van der Waals surface area (Å²) in [6.07, 6.45) is -1.19. The molecule has 0 unspecified atom stereocenters. The first-order valence-corrected chi connectivity index (χ1v) is 3.23. The second-order valence-electron chi connectivity index (χ2n) is 2.18. The molecule has 0 aliphatic heterocycles. The number of methoxy groups -OCH3 is 1. The van der Waals surface area contributed by atoms with E-state index < -0.39 is 19.3 Å². The maximum absolute atomic E-state index is 11.5. The van der Waals surface area contributed by atoms with Gasteiger partial charge in [0.15, 0.2) is 0 Å². The third-order valence-corrected chi connectivity index (χ3v) is 1.14. The molecule has 0 aliphatic rings. The Balaban J connectivity index is 0. The number of rotatable bonds is 4. The molecule has 0 rings (SSSR count). The Morgan fingerprint density at radius 3 is 2.25 bits per heavy atom. The SMILES string of the molecule is COC(=O)CCC[B-](F)(F)F.[K+]. The van der Waals surface area contributed by atoms with Crippen molar-refractivity contribution in [1.29, 1.82) is 0 Å². The summed E-state index contributed by atoms with van der Waals surface area (Å²) < 4.78 is 38.7. The first-order valence-electron chi connectivity index (χ1n) is 3.23. The average molecular weight is 208 g/mol. The topological polar surface area (TPSA) is 26.3 Å². The van der Waals surface area contributed by atoms with Crippen LogP contribution in [0, 0.1) is 0 Å². The van der Waals surface area contributed by atoms with Crippen molar-refractivity contribution in [1.82, 2.24) is 0 Å². The summed E-state index contributed by atoms with van der Waals surface area (Å²) in [6.45, 7) is -4.74. The van der Waals surface area contributed by atoms with Gasteiger partial charge in [0.05, 0.1) is 7.11 Å². The van der Waals surface area contributed by atoms with Crippen molar-refractivity contribution in [3.63, 3.8) is 0 Å². The van der Waals surface area contributed by atoms with Crippen LogP contribution in [0.3, 0.4) is 0 Å². The molecule has 0 saturated carbocycles. The average Bonchev–Trinajstić information content (AvgIpc) is 1.85. The Morgan fingerprint density at radius 1 is 1.42 bits per heavy atom. The predicted octanol–water partition coefficient (Wildman–Crippen LogP) is -1.21. The van der Waals surface area contributed by atoms with Gasteiger partial charge in [-0.2, -0.15) is 0 Å². The minimum atomic E-state index is -4.74. The van der Waals surface area contributed by atoms with Crippen molar-refractivity contribution >= 4 is 12.9 Å². The molecule has 0 spiro atoms. The molecule has 0 bridgehead atoms. The fourth-order valence-electron chi connectivity index (χ4n) is 0.580. The Morgan fingerprint density at radius 2 is 1.92 bits per heavy atom. The second kappa shape index (κ2) is 7.37. The zero-order valence-electron chi connectivity index (χ0n) is 7.15. The van der Waals surface area contributed by atoms with Gasteiger partial charge in [-0.05, 0) is 0 Å². The van der Waals surface area contributed by atoms with E-state index in [-0.39, 0.29) is 64.2 Å². The summed E-state index contributed by atoms with van der Waals surface area (Å²) in [5.41, 5.74) is 0. The van der Waals surface area contributed by atoms with Crippen molar-refractivity contribution in [2.45, 2.75) is 19.2 Å². The van der Waals surface area contributed by atoms with Gasteiger partial charge in [-0.25, -0.2) is 0 Å². The summed E-state index contributed by atoms with van der Waals surface area (Å²) in [5.74, 6) is -0.593. The van der Waals surface area contributed by atoms with Gasteiger partial charge in [-0.1, -0.05) is 12.7 Å². The van der Waals surface area contributed by atoms with E-state index >= 15 is 0 Å². The molecule has 66 valence electrons. The van der Waals surface area contributed by atoms with Crippen molar-refractivity contribution in [2.75, 3.05) is 7.11 Å². The van der Waals surface area contributed by atoms with Crippen molar-refractivity contribution < 1.29 is 73.9 Å². The molecule has 0 aromatic carbocycles. The zero-order chi connectivity index (χ0) is 8.91. The van der Waals surface area contributed by atoms with Gasteiger partial charge in [-0.3, -0.25) is 4.79 Å². The maximum Gasteiger partial charge on any atom is 1.00 e. The van der Waals surface area contributed by atoms with Crippen molar-refractivity contribution in [3.8, 4) is 0 Å². The summed E-state index contributed by atoms with van der Waals surface area (Å²) in [4.78, 5) is 10.3. The first-order chi connectivity index (χ1) is 4.95. The van der Waals surface area contributed by atoms with Crippen molar-refractivity contribution in [3.05, 3.63) is 0 Å². The van der Waals surface area contributed by atoms with Gasteiger partial charge in [0.2, 0.25) is 0 Å². The van der Waals surface area contributed by atoms with E-state index in [0.29, 0.717) is 0 Å². The van der Waals surface area contributed by atoms with Crippen LogP contribution < -0.4 is 51.4 Å². The fraction of sp³-hybridized carbons (Fsp3) is 0.800. The Hall–Kier alpha value is 0.961. The first kappa shape index (κ1) is 15.4. The molecule has 0 heterocycles. The third kappa shape index (κ3) is 11.0. The standard InChI is InChI=1S/C5H9BF3O2.K/c1-11-5(10)3-2-4-6(7,8)9;/h2-4H2,1H3;/q-1;+1. The van der Waals surface area contributed by atoms with E-state index in [1.54, 1.807) is 0 Å². The molecule has 0 aliphatic carbocycles. The van der Waals surface area contributed by atoms with Gasteiger partial charge in [-0.15, -0.1) is 0 Å². The summed E-state index contributed by atoms with van der Waals surface area (Å²) in [6, 6.07) is 0. The maximum atomic E-state index is 11.5. The minimum Gasteiger partial charge on any atom is -0.469 e. The molecule has 0 radical (unpaired) electrons. The van der Waals surface area contributed by atoms with Crippen LogP contribution in [0.15, 0.2) is 0 Å². The molecule has 0 aromatic rings. The molecular weight excluding hydrogens is 199 g/mol. The van der Waals surface area contributed by atoms with Crippen LogP contribution >= 0.6 is 0 Å². The molecule has 0 aromatic heterocycles. The van der Waals surface area contributed by atoms with Gasteiger partial charge in [0.25, 0.3) is 0 Å². The molecule has 12 heavy (non-hydrogen) atoms. The van der Waals surface area contributed by atoms with E-state index in [9.17, 15) is 17.7 Å². The van der Waals surface area contributed by atoms with Crippen LogP contribution in [-0.4, -0.2) is 20.1 Å². The van der Waals surface area contributed by atoms with Gasteiger partial charge in [0, 0.05) is 6.42 Å². The van der Waals surface area contributed by atoms with Crippen molar-refractivity contribution in [2.24, 2.45) is 0 Å². The summed E-state index contributed by atoms with van der Waals surface area (Å²) >= 11 is 0. The molecule has 0 fully saturated rings. The van der Waals surface area contributed by atoms with Gasteiger partial charge in [0.1, 0.15) is 0 Å².